The summed E-state index contributed by atoms with van der Waals surface area (Å²) in [7, 11) is 2.01. The van der Waals surface area contributed by atoms with Crippen molar-refractivity contribution < 1.29 is 4.39 Å². The molecule has 2 N–H and O–H groups in total. The van der Waals surface area contributed by atoms with Gasteiger partial charge in [0.25, 0.3) is 0 Å². The normalized spacial score (nSPS) is 15.4. The second-order valence-electron chi connectivity index (χ2n) is 4.30. The molecular weight excluding hydrogens is 191 g/mol. The molecule has 0 aliphatic heterocycles. The Morgan fingerprint density at radius 3 is 2.73 bits per heavy atom. The molecule has 2 nitrogen and oxygen atoms in total. The zero-order chi connectivity index (χ0) is 10.8. The maximum absolute atomic E-state index is 13.5. The first kappa shape index (κ1) is 10.4. The second-order valence-corrected chi connectivity index (χ2v) is 4.30. The maximum atomic E-state index is 13.5. The van der Waals surface area contributed by atoms with Gasteiger partial charge in [0.05, 0.1) is 0 Å². The summed E-state index contributed by atoms with van der Waals surface area (Å²) in [6, 6.07) is 5.28. The van der Waals surface area contributed by atoms with Gasteiger partial charge < -0.3 is 10.6 Å². The third-order valence-electron chi connectivity index (χ3n) is 2.93. The molecular formula is C12H17FN2. The molecule has 1 saturated carbocycles. The maximum Gasteiger partial charge on any atom is 0.129 e. The fourth-order valence-electron chi connectivity index (χ4n) is 1.73. The quantitative estimate of drug-likeness (QED) is 0.821. The molecule has 1 aliphatic rings. The Morgan fingerprint density at radius 1 is 1.47 bits per heavy atom. The third kappa shape index (κ3) is 2.48. The SMILES string of the molecule is CN(CC1CC1)c1ccc(CN)c(F)c1. The molecule has 0 amide bonds. The van der Waals surface area contributed by atoms with E-state index in [1.165, 1.54) is 12.8 Å². The predicted molar refractivity (Wildman–Crippen MR) is 60.3 cm³/mol. The minimum absolute atomic E-state index is 0.197. The molecule has 0 saturated heterocycles. The van der Waals surface area contributed by atoms with Crippen molar-refractivity contribution in [1.29, 1.82) is 0 Å². The molecule has 82 valence electrons. The number of nitrogens with zero attached hydrogens (tertiary/aromatic N) is 1. The minimum atomic E-state index is -0.197. The Morgan fingerprint density at radius 2 is 2.20 bits per heavy atom. The lowest BCUT2D eigenvalue weighted by molar-refractivity contribution is 0.609. The smallest absolute Gasteiger partial charge is 0.129 e. The van der Waals surface area contributed by atoms with Crippen LogP contribution in [0.4, 0.5) is 10.1 Å². The highest BCUT2D eigenvalue weighted by atomic mass is 19.1. The van der Waals surface area contributed by atoms with Crippen molar-refractivity contribution in [3.05, 3.63) is 29.6 Å². The van der Waals surface area contributed by atoms with E-state index in [0.29, 0.717) is 5.56 Å². The van der Waals surface area contributed by atoms with Crippen LogP contribution in [0.25, 0.3) is 0 Å². The lowest BCUT2D eigenvalue weighted by Gasteiger charge is -2.19. The largest absolute Gasteiger partial charge is 0.374 e. The summed E-state index contributed by atoms with van der Waals surface area (Å²) in [4.78, 5) is 2.11. The van der Waals surface area contributed by atoms with Crippen LogP contribution >= 0.6 is 0 Å². The van der Waals surface area contributed by atoms with Crippen molar-refractivity contribution in [2.24, 2.45) is 11.7 Å². The van der Waals surface area contributed by atoms with Gasteiger partial charge in [-0.1, -0.05) is 6.07 Å². The van der Waals surface area contributed by atoms with Crippen LogP contribution in [-0.2, 0) is 6.54 Å². The number of halogens is 1. The van der Waals surface area contributed by atoms with Crippen LogP contribution in [0.1, 0.15) is 18.4 Å². The zero-order valence-electron chi connectivity index (χ0n) is 9.04. The number of nitrogens with two attached hydrogens (primary N) is 1. The minimum Gasteiger partial charge on any atom is -0.374 e. The molecule has 0 radical (unpaired) electrons. The fourth-order valence-corrected chi connectivity index (χ4v) is 1.73. The Balaban J connectivity index is 2.09. The average molecular weight is 208 g/mol. The highest BCUT2D eigenvalue weighted by Crippen LogP contribution is 2.31. The molecule has 15 heavy (non-hydrogen) atoms. The summed E-state index contributed by atoms with van der Waals surface area (Å²) in [5, 5.41) is 0. The van der Waals surface area contributed by atoms with Crippen LogP contribution in [0.5, 0.6) is 0 Å². The van der Waals surface area contributed by atoms with Gasteiger partial charge in [0.1, 0.15) is 5.82 Å². The van der Waals surface area contributed by atoms with E-state index in [-0.39, 0.29) is 12.4 Å². The molecule has 0 atom stereocenters. The highest BCUT2D eigenvalue weighted by molar-refractivity contribution is 5.47. The fraction of sp³-hybridized carbons (Fsp3) is 0.500. The van der Waals surface area contributed by atoms with Gasteiger partial charge in [-0.2, -0.15) is 0 Å². The lowest BCUT2D eigenvalue weighted by atomic mass is 10.2. The molecule has 0 aromatic heterocycles. The summed E-state index contributed by atoms with van der Waals surface area (Å²) in [6.07, 6.45) is 2.63. The summed E-state index contributed by atoms with van der Waals surface area (Å²) < 4.78 is 13.5. The van der Waals surface area contributed by atoms with Gasteiger partial charge in [0.15, 0.2) is 0 Å². The number of benzene rings is 1. The van der Waals surface area contributed by atoms with Crippen molar-refractivity contribution in [2.45, 2.75) is 19.4 Å². The van der Waals surface area contributed by atoms with Crippen LogP contribution < -0.4 is 10.6 Å². The Bertz CT molecular complexity index is 347. The lowest BCUT2D eigenvalue weighted by Crippen LogP contribution is -2.20. The molecule has 1 aromatic rings. The molecule has 3 heteroatoms. The second kappa shape index (κ2) is 4.19. The molecule has 0 unspecified atom stereocenters. The third-order valence-corrected chi connectivity index (χ3v) is 2.93. The van der Waals surface area contributed by atoms with Crippen molar-refractivity contribution in [3.8, 4) is 0 Å². The van der Waals surface area contributed by atoms with Crippen LogP contribution in [0, 0.1) is 11.7 Å². The molecule has 0 bridgehead atoms. The van der Waals surface area contributed by atoms with Gasteiger partial charge in [-0.15, -0.1) is 0 Å². The first-order chi connectivity index (χ1) is 7.20. The van der Waals surface area contributed by atoms with Crippen molar-refractivity contribution in [1.82, 2.24) is 0 Å². The topological polar surface area (TPSA) is 29.3 Å². The summed E-state index contributed by atoms with van der Waals surface area (Å²) in [5.41, 5.74) is 6.94. The van der Waals surface area contributed by atoms with E-state index in [4.69, 9.17) is 5.73 Å². The van der Waals surface area contributed by atoms with Gasteiger partial charge in [0.2, 0.25) is 0 Å². The van der Waals surface area contributed by atoms with E-state index in [1.54, 1.807) is 12.1 Å². The Kier molecular flexibility index (Phi) is 2.91. The van der Waals surface area contributed by atoms with Crippen molar-refractivity contribution in [2.75, 3.05) is 18.5 Å². The van der Waals surface area contributed by atoms with E-state index in [2.05, 4.69) is 4.90 Å². The molecule has 1 aromatic carbocycles. The zero-order valence-corrected chi connectivity index (χ0v) is 9.04. The number of hydrogen-bond donors (Lipinski definition) is 1. The molecule has 0 heterocycles. The number of rotatable bonds is 4. The number of anilines is 1. The van der Waals surface area contributed by atoms with Crippen LogP contribution in [0.15, 0.2) is 18.2 Å². The van der Waals surface area contributed by atoms with Crippen molar-refractivity contribution in [3.63, 3.8) is 0 Å². The van der Waals surface area contributed by atoms with E-state index in [0.717, 1.165) is 18.2 Å². The summed E-state index contributed by atoms with van der Waals surface area (Å²) >= 11 is 0. The predicted octanol–water partition coefficient (Wildman–Crippen LogP) is 2.13. The standard InChI is InChI=1S/C12H17FN2/c1-15(8-9-2-3-9)11-5-4-10(7-14)12(13)6-11/h4-6,9H,2-3,7-8,14H2,1H3. The van der Waals surface area contributed by atoms with Crippen LogP contribution in [0.3, 0.4) is 0 Å². The van der Waals surface area contributed by atoms with Gasteiger partial charge in [-0.05, 0) is 30.9 Å². The monoisotopic (exact) mass is 208 g/mol. The van der Waals surface area contributed by atoms with E-state index < -0.39 is 0 Å². The first-order valence-electron chi connectivity index (χ1n) is 5.40. The molecule has 2 rings (SSSR count). The van der Waals surface area contributed by atoms with Gasteiger partial charge in [0, 0.05) is 31.4 Å². The molecule has 0 spiro atoms. The Labute approximate surface area is 89.9 Å². The first-order valence-corrected chi connectivity index (χ1v) is 5.40. The Hall–Kier alpha value is -1.09. The van der Waals surface area contributed by atoms with Gasteiger partial charge in [-0.3, -0.25) is 0 Å². The van der Waals surface area contributed by atoms with Crippen LogP contribution in [-0.4, -0.2) is 13.6 Å². The molecule has 1 aliphatic carbocycles. The van der Waals surface area contributed by atoms with E-state index in [1.807, 2.05) is 13.1 Å². The average Bonchev–Trinajstić information content (AvgIpc) is 3.01. The van der Waals surface area contributed by atoms with Gasteiger partial charge >= 0.3 is 0 Å². The number of hydrogen-bond acceptors (Lipinski definition) is 2. The van der Waals surface area contributed by atoms with Gasteiger partial charge in [-0.25, -0.2) is 4.39 Å². The van der Waals surface area contributed by atoms with Crippen LogP contribution in [0.2, 0.25) is 0 Å². The van der Waals surface area contributed by atoms with E-state index in [9.17, 15) is 4.39 Å². The summed E-state index contributed by atoms with van der Waals surface area (Å²) in [6.45, 7) is 1.29. The van der Waals surface area contributed by atoms with E-state index >= 15 is 0 Å². The molecule has 1 fully saturated rings. The summed E-state index contributed by atoms with van der Waals surface area (Å²) in [5.74, 6) is 0.616. The highest BCUT2D eigenvalue weighted by Gasteiger charge is 2.23. The van der Waals surface area contributed by atoms with Crippen molar-refractivity contribution >= 4 is 5.69 Å².